The Bertz CT molecular complexity index is 95.1. The molecule has 0 spiro atoms. The molecule has 1 radical (unpaired) electrons. The van der Waals surface area contributed by atoms with Gasteiger partial charge in [-0.1, -0.05) is 6.58 Å². The highest BCUT2D eigenvalue weighted by Crippen LogP contribution is 1.68. The van der Waals surface area contributed by atoms with Gasteiger partial charge in [0.2, 0.25) is 0 Å². The van der Waals surface area contributed by atoms with Crippen LogP contribution in [0.25, 0.3) is 0 Å². The molecule has 0 bridgehead atoms. The van der Waals surface area contributed by atoms with E-state index in [1.807, 2.05) is 0 Å². The molecule has 7 heavy (non-hydrogen) atoms. The third-order valence-corrected chi connectivity index (χ3v) is 0.300. The summed E-state index contributed by atoms with van der Waals surface area (Å²) in [5, 5.41) is 0. The van der Waals surface area contributed by atoms with Gasteiger partial charge in [0.25, 0.3) is 0 Å². The van der Waals surface area contributed by atoms with Crippen LogP contribution in [0.4, 0.5) is 0 Å². The van der Waals surface area contributed by atoms with Gasteiger partial charge in [0.1, 0.15) is 0 Å². The molecular formula is C4H3O3. The molecule has 0 atom stereocenters. The molecule has 0 N–H and O–H groups in total. The van der Waals surface area contributed by atoms with Crippen molar-refractivity contribution < 1.29 is 14.3 Å². The van der Waals surface area contributed by atoms with Crippen molar-refractivity contribution in [3.63, 3.8) is 0 Å². The summed E-state index contributed by atoms with van der Waals surface area (Å²) in [7, 11) is 0. The highest BCUT2D eigenvalue weighted by atomic mass is 16.6. The van der Waals surface area contributed by atoms with Crippen LogP contribution in [-0.4, -0.2) is 12.4 Å². The molecule has 0 aromatic heterocycles. The number of hydrogen-bond acceptors (Lipinski definition) is 3. The van der Waals surface area contributed by atoms with E-state index in [0.717, 1.165) is 0 Å². The summed E-state index contributed by atoms with van der Waals surface area (Å²) in [5.74, 6) is -0.838. The van der Waals surface area contributed by atoms with Gasteiger partial charge >= 0.3 is 12.4 Å². The maximum Gasteiger partial charge on any atom is 0.338 e. The Labute approximate surface area is 40.6 Å². The quantitative estimate of drug-likeness (QED) is 0.206. The summed E-state index contributed by atoms with van der Waals surface area (Å²) in [4.78, 5) is 19.0. The number of hydrogen-bond donors (Lipinski definition) is 0. The van der Waals surface area contributed by atoms with Gasteiger partial charge in [-0.2, -0.15) is 0 Å². The second-order valence-electron chi connectivity index (χ2n) is 0.700. The number of esters is 1. The monoisotopic (exact) mass is 99.0 g/mol. The predicted molar refractivity (Wildman–Crippen MR) is 21.0 cm³/mol. The summed E-state index contributed by atoms with van der Waals surface area (Å²) >= 11 is 0. The Hall–Kier alpha value is -1.12. The average molecular weight is 99.1 g/mol. The molecule has 0 saturated heterocycles. The van der Waals surface area contributed by atoms with Crippen LogP contribution >= 0.6 is 0 Å². The number of carbonyl (C=O) groups is 2. The standard InChI is InChI=1S/C4H3O3/c1-2-4(6)7-3-5/h1-3H. The third-order valence-electron chi connectivity index (χ3n) is 0.300. The fraction of sp³-hybridized carbons (Fsp3) is 0. The van der Waals surface area contributed by atoms with Gasteiger partial charge in [-0.25, -0.2) is 4.79 Å². The van der Waals surface area contributed by atoms with E-state index in [1.165, 1.54) is 0 Å². The van der Waals surface area contributed by atoms with E-state index in [0.29, 0.717) is 6.08 Å². The molecule has 0 aliphatic rings. The molecular weight excluding hydrogens is 96.0 g/mol. The smallest absolute Gasteiger partial charge is 0.338 e. The summed E-state index contributed by atoms with van der Waals surface area (Å²) in [5.41, 5.74) is 0. The second-order valence-corrected chi connectivity index (χ2v) is 0.700. The van der Waals surface area contributed by atoms with Gasteiger partial charge in [0, 0.05) is 6.08 Å². The van der Waals surface area contributed by atoms with E-state index in [-0.39, 0.29) is 6.47 Å². The normalized spacial score (nSPS) is 6.86. The van der Waals surface area contributed by atoms with Gasteiger partial charge < -0.3 is 4.74 Å². The summed E-state index contributed by atoms with van der Waals surface area (Å²) in [6, 6.07) is 0. The molecule has 0 unspecified atom stereocenters. The fourth-order valence-electron chi connectivity index (χ4n) is 0.0867. The van der Waals surface area contributed by atoms with Crippen molar-refractivity contribution in [1.29, 1.82) is 0 Å². The van der Waals surface area contributed by atoms with Gasteiger partial charge in [0.05, 0.1) is 0 Å². The number of rotatable bonds is 2. The zero-order chi connectivity index (χ0) is 5.70. The molecule has 0 aliphatic carbocycles. The Balaban J connectivity index is 3.36. The summed E-state index contributed by atoms with van der Waals surface area (Å²) < 4.78 is 3.69. The first-order valence-corrected chi connectivity index (χ1v) is 1.50. The Kier molecular flexibility index (Phi) is 2.59. The van der Waals surface area contributed by atoms with E-state index in [9.17, 15) is 9.59 Å². The summed E-state index contributed by atoms with van der Waals surface area (Å²) in [6.07, 6.45) is 0.661. The second kappa shape index (κ2) is 3.08. The lowest BCUT2D eigenvalue weighted by atomic mass is 10.7. The van der Waals surface area contributed by atoms with Crippen molar-refractivity contribution >= 4 is 12.4 Å². The molecule has 0 aromatic rings. The SMILES string of the molecule is [CH]=CC(=O)OC=O. The molecule has 3 heteroatoms. The number of carbonyl (C=O) groups excluding carboxylic acids is 2. The molecule has 0 aliphatic heterocycles. The van der Waals surface area contributed by atoms with Crippen LogP contribution in [-0.2, 0) is 14.3 Å². The highest BCUT2D eigenvalue weighted by molar-refractivity contribution is 5.85. The molecule has 0 amide bonds. The van der Waals surface area contributed by atoms with Gasteiger partial charge in [-0.3, -0.25) is 4.79 Å². The molecule has 0 heterocycles. The van der Waals surface area contributed by atoms with Crippen LogP contribution < -0.4 is 0 Å². The number of ether oxygens (including phenoxy) is 1. The predicted octanol–water partition coefficient (Wildman–Crippen LogP) is -0.325. The van der Waals surface area contributed by atoms with Crippen LogP contribution in [0.3, 0.4) is 0 Å². The maximum absolute atomic E-state index is 9.78. The Morgan fingerprint density at radius 3 is 2.43 bits per heavy atom. The minimum absolute atomic E-state index is 0.0195. The molecule has 0 rings (SSSR count). The first-order chi connectivity index (χ1) is 3.31. The Morgan fingerprint density at radius 2 is 2.29 bits per heavy atom. The van der Waals surface area contributed by atoms with Crippen molar-refractivity contribution in [2.45, 2.75) is 0 Å². The van der Waals surface area contributed by atoms with Crippen molar-refractivity contribution in [1.82, 2.24) is 0 Å². The van der Waals surface area contributed by atoms with Crippen molar-refractivity contribution in [3.05, 3.63) is 12.7 Å². The minimum atomic E-state index is -0.838. The molecule has 0 fully saturated rings. The molecule has 0 saturated carbocycles. The molecule has 0 aromatic carbocycles. The lowest BCUT2D eigenvalue weighted by Crippen LogP contribution is -1.95. The van der Waals surface area contributed by atoms with E-state index < -0.39 is 5.97 Å². The van der Waals surface area contributed by atoms with Crippen LogP contribution in [0, 0.1) is 6.58 Å². The van der Waals surface area contributed by atoms with Crippen molar-refractivity contribution in [2.24, 2.45) is 0 Å². The van der Waals surface area contributed by atoms with Crippen molar-refractivity contribution in [2.75, 3.05) is 0 Å². The topological polar surface area (TPSA) is 43.4 Å². The van der Waals surface area contributed by atoms with Crippen LogP contribution in [0.15, 0.2) is 6.08 Å². The minimum Gasteiger partial charge on any atom is -0.392 e. The van der Waals surface area contributed by atoms with E-state index >= 15 is 0 Å². The largest absolute Gasteiger partial charge is 0.392 e. The van der Waals surface area contributed by atoms with Gasteiger partial charge in [0.15, 0.2) is 0 Å². The average Bonchev–Trinajstić information content (AvgIpc) is 1.68. The van der Waals surface area contributed by atoms with E-state index in [2.05, 4.69) is 11.3 Å². The lowest BCUT2D eigenvalue weighted by Gasteiger charge is -1.80. The van der Waals surface area contributed by atoms with E-state index in [1.54, 1.807) is 0 Å². The van der Waals surface area contributed by atoms with Crippen LogP contribution in [0.1, 0.15) is 0 Å². The Morgan fingerprint density at radius 1 is 1.71 bits per heavy atom. The van der Waals surface area contributed by atoms with Gasteiger partial charge in [-0.05, 0) is 0 Å². The first kappa shape index (κ1) is 5.88. The zero-order valence-corrected chi connectivity index (χ0v) is 3.46. The van der Waals surface area contributed by atoms with E-state index in [4.69, 9.17) is 0 Å². The van der Waals surface area contributed by atoms with Crippen LogP contribution in [0.2, 0.25) is 0 Å². The fourth-order valence-corrected chi connectivity index (χ4v) is 0.0867. The first-order valence-electron chi connectivity index (χ1n) is 1.50. The lowest BCUT2D eigenvalue weighted by molar-refractivity contribution is -0.147. The van der Waals surface area contributed by atoms with Gasteiger partial charge in [-0.15, -0.1) is 0 Å². The molecule has 37 valence electrons. The van der Waals surface area contributed by atoms with Crippen molar-refractivity contribution in [3.8, 4) is 0 Å². The summed E-state index contributed by atoms with van der Waals surface area (Å²) in [6.45, 7) is 4.62. The van der Waals surface area contributed by atoms with Crippen LogP contribution in [0.5, 0.6) is 0 Å². The maximum atomic E-state index is 9.78. The zero-order valence-electron chi connectivity index (χ0n) is 3.46. The third kappa shape index (κ3) is 2.69. The highest BCUT2D eigenvalue weighted by Gasteiger charge is 1.87. The molecule has 3 nitrogen and oxygen atoms in total.